The zero-order valence-corrected chi connectivity index (χ0v) is 18.8. The summed E-state index contributed by atoms with van der Waals surface area (Å²) in [6.45, 7) is 2.28. The Kier molecular flexibility index (Phi) is 7.17. The number of nitrogens with zero attached hydrogens (tertiary/aromatic N) is 1. The summed E-state index contributed by atoms with van der Waals surface area (Å²) in [6, 6.07) is 9.44. The van der Waals surface area contributed by atoms with Gasteiger partial charge in [-0.3, -0.25) is 4.79 Å². The van der Waals surface area contributed by atoms with E-state index in [1.165, 1.54) is 11.8 Å². The predicted octanol–water partition coefficient (Wildman–Crippen LogP) is 3.57. The zero-order valence-electron chi connectivity index (χ0n) is 17.2. The number of rotatable bonds is 7. The fraction of sp³-hybridized carbons (Fsp3) is 0.286. The third kappa shape index (κ3) is 5.03. The molecule has 2 aromatic carbocycles. The standard InChI is InChI=1S/C21H23N3O4S2/c1-12-23-16-6-5-13(7-15(16)20(25)24-12)11-30-21(29)22-10-14-8-17(26-2)19(28-4)18(9-14)27-3/h5-9H,10-11H2,1-4H3,(H,22,29)(H,23,24,25). The van der Waals surface area contributed by atoms with Crippen LogP contribution in [-0.2, 0) is 12.3 Å². The number of hydrogen-bond donors (Lipinski definition) is 2. The van der Waals surface area contributed by atoms with Gasteiger partial charge >= 0.3 is 0 Å². The normalized spacial score (nSPS) is 10.7. The van der Waals surface area contributed by atoms with E-state index in [-0.39, 0.29) is 5.56 Å². The van der Waals surface area contributed by atoms with Crippen LogP contribution >= 0.6 is 24.0 Å². The van der Waals surface area contributed by atoms with Crippen molar-refractivity contribution in [1.29, 1.82) is 0 Å². The van der Waals surface area contributed by atoms with Crippen molar-refractivity contribution in [2.24, 2.45) is 0 Å². The molecule has 30 heavy (non-hydrogen) atoms. The van der Waals surface area contributed by atoms with Crippen LogP contribution in [-0.4, -0.2) is 35.6 Å². The van der Waals surface area contributed by atoms with E-state index in [4.69, 9.17) is 26.4 Å². The smallest absolute Gasteiger partial charge is 0.258 e. The Morgan fingerprint density at radius 2 is 1.80 bits per heavy atom. The second-order valence-electron chi connectivity index (χ2n) is 6.47. The molecular weight excluding hydrogens is 422 g/mol. The Bertz CT molecular complexity index is 1110. The number of methoxy groups -OCH3 is 3. The van der Waals surface area contributed by atoms with Gasteiger partial charge in [0.05, 0.1) is 32.2 Å². The van der Waals surface area contributed by atoms with Gasteiger partial charge in [0.1, 0.15) is 10.1 Å². The molecule has 158 valence electrons. The highest BCUT2D eigenvalue weighted by atomic mass is 32.2. The molecule has 0 atom stereocenters. The Labute approximate surface area is 184 Å². The van der Waals surface area contributed by atoms with Gasteiger partial charge in [-0.1, -0.05) is 30.0 Å². The van der Waals surface area contributed by atoms with Gasteiger partial charge in [0.2, 0.25) is 5.75 Å². The first-order valence-corrected chi connectivity index (χ1v) is 10.5. The van der Waals surface area contributed by atoms with Gasteiger partial charge in [0.15, 0.2) is 11.5 Å². The lowest BCUT2D eigenvalue weighted by atomic mass is 10.2. The number of thiocarbonyl (C=S) groups is 1. The highest BCUT2D eigenvalue weighted by Crippen LogP contribution is 2.38. The fourth-order valence-corrected chi connectivity index (χ4v) is 3.90. The Hall–Kier alpha value is -2.78. The summed E-state index contributed by atoms with van der Waals surface area (Å²) in [5, 5.41) is 3.81. The summed E-state index contributed by atoms with van der Waals surface area (Å²) in [4.78, 5) is 19.2. The minimum Gasteiger partial charge on any atom is -0.493 e. The van der Waals surface area contributed by atoms with Crippen LogP contribution < -0.4 is 25.1 Å². The summed E-state index contributed by atoms with van der Waals surface area (Å²) >= 11 is 6.94. The number of thioether (sulfide) groups is 1. The van der Waals surface area contributed by atoms with E-state index in [1.807, 2.05) is 30.3 Å². The number of aromatic amines is 1. The molecule has 0 amide bonds. The van der Waals surface area contributed by atoms with E-state index in [0.717, 1.165) is 11.1 Å². The van der Waals surface area contributed by atoms with Crippen LogP contribution in [0.3, 0.4) is 0 Å². The third-order valence-corrected chi connectivity index (χ3v) is 5.80. The largest absolute Gasteiger partial charge is 0.493 e. The van der Waals surface area contributed by atoms with E-state index < -0.39 is 0 Å². The number of ether oxygens (including phenoxy) is 3. The first-order chi connectivity index (χ1) is 14.4. The molecule has 0 aliphatic heterocycles. The molecule has 0 unspecified atom stereocenters. The SMILES string of the molecule is COc1cc(CNC(=S)SCc2ccc3nc(C)[nH]c(=O)c3c2)cc(OC)c1OC. The van der Waals surface area contributed by atoms with Crippen molar-refractivity contribution in [2.45, 2.75) is 19.2 Å². The Morgan fingerprint density at radius 3 is 2.43 bits per heavy atom. The van der Waals surface area contributed by atoms with Crippen LogP contribution in [0.1, 0.15) is 17.0 Å². The van der Waals surface area contributed by atoms with Gasteiger partial charge < -0.3 is 24.5 Å². The summed E-state index contributed by atoms with van der Waals surface area (Å²) in [5.41, 5.74) is 2.51. The summed E-state index contributed by atoms with van der Waals surface area (Å²) in [6.07, 6.45) is 0. The van der Waals surface area contributed by atoms with Gasteiger partial charge in [-0.25, -0.2) is 4.98 Å². The van der Waals surface area contributed by atoms with Crippen LogP contribution in [0, 0.1) is 6.92 Å². The molecule has 0 fully saturated rings. The Balaban J connectivity index is 1.63. The average Bonchev–Trinajstić information content (AvgIpc) is 2.75. The molecule has 7 nitrogen and oxygen atoms in total. The van der Waals surface area contributed by atoms with Gasteiger partial charge in [0.25, 0.3) is 5.56 Å². The summed E-state index contributed by atoms with van der Waals surface area (Å²) in [7, 11) is 4.74. The highest BCUT2D eigenvalue weighted by molar-refractivity contribution is 8.22. The van der Waals surface area contributed by atoms with Gasteiger partial charge in [-0.05, 0) is 42.3 Å². The highest BCUT2D eigenvalue weighted by Gasteiger charge is 2.13. The van der Waals surface area contributed by atoms with Crippen LogP contribution in [0.25, 0.3) is 10.9 Å². The van der Waals surface area contributed by atoms with Crippen LogP contribution in [0.5, 0.6) is 17.2 Å². The number of H-pyrrole nitrogens is 1. The second-order valence-corrected chi connectivity index (χ2v) is 8.12. The van der Waals surface area contributed by atoms with Crippen LogP contribution in [0.4, 0.5) is 0 Å². The monoisotopic (exact) mass is 445 g/mol. The van der Waals surface area contributed by atoms with Gasteiger partial charge in [0, 0.05) is 12.3 Å². The predicted molar refractivity (Wildman–Crippen MR) is 124 cm³/mol. The van der Waals surface area contributed by atoms with E-state index in [0.29, 0.717) is 50.6 Å². The van der Waals surface area contributed by atoms with Crippen molar-refractivity contribution in [3.05, 3.63) is 57.6 Å². The Morgan fingerprint density at radius 1 is 1.10 bits per heavy atom. The minimum atomic E-state index is -0.132. The number of aromatic nitrogens is 2. The number of aryl methyl sites for hydroxylation is 1. The van der Waals surface area contributed by atoms with Gasteiger partial charge in [-0.2, -0.15) is 0 Å². The quantitative estimate of drug-likeness (QED) is 0.534. The second kappa shape index (κ2) is 9.82. The van der Waals surface area contributed by atoms with Crippen molar-refractivity contribution in [1.82, 2.24) is 15.3 Å². The fourth-order valence-electron chi connectivity index (χ4n) is 3.00. The zero-order chi connectivity index (χ0) is 21.7. The van der Waals surface area contributed by atoms with Crippen molar-refractivity contribution in [3.8, 4) is 17.2 Å². The first kappa shape index (κ1) is 21.9. The summed E-state index contributed by atoms with van der Waals surface area (Å²) in [5.74, 6) is 2.99. The number of hydrogen-bond acceptors (Lipinski definition) is 7. The number of nitrogens with one attached hydrogen (secondary N) is 2. The van der Waals surface area contributed by atoms with Crippen LogP contribution in [0.15, 0.2) is 35.1 Å². The maximum absolute atomic E-state index is 12.1. The molecule has 1 heterocycles. The number of fused-ring (bicyclic) bond motifs is 1. The van der Waals surface area contributed by atoms with Crippen molar-refractivity contribution in [2.75, 3.05) is 21.3 Å². The lowest BCUT2D eigenvalue weighted by Gasteiger charge is -2.15. The first-order valence-electron chi connectivity index (χ1n) is 9.14. The molecular formula is C21H23N3O4S2. The third-order valence-electron chi connectivity index (χ3n) is 4.42. The van der Waals surface area contributed by atoms with Crippen molar-refractivity contribution in [3.63, 3.8) is 0 Å². The molecule has 9 heteroatoms. The number of benzene rings is 2. The molecule has 0 radical (unpaired) electrons. The molecule has 0 aliphatic rings. The van der Waals surface area contributed by atoms with Crippen molar-refractivity contribution < 1.29 is 14.2 Å². The molecule has 0 saturated carbocycles. The molecule has 0 aliphatic carbocycles. The van der Waals surface area contributed by atoms with E-state index in [1.54, 1.807) is 28.3 Å². The topological polar surface area (TPSA) is 85.5 Å². The summed E-state index contributed by atoms with van der Waals surface area (Å²) < 4.78 is 16.8. The van der Waals surface area contributed by atoms with Gasteiger partial charge in [-0.15, -0.1) is 0 Å². The van der Waals surface area contributed by atoms with E-state index >= 15 is 0 Å². The van der Waals surface area contributed by atoms with Crippen LogP contribution in [0.2, 0.25) is 0 Å². The van der Waals surface area contributed by atoms with Crippen molar-refractivity contribution >= 4 is 39.2 Å². The molecule has 2 N–H and O–H groups in total. The maximum Gasteiger partial charge on any atom is 0.258 e. The lowest BCUT2D eigenvalue weighted by Crippen LogP contribution is -2.18. The molecule has 0 saturated heterocycles. The maximum atomic E-state index is 12.1. The molecule has 0 bridgehead atoms. The molecule has 3 aromatic rings. The molecule has 1 aromatic heterocycles. The molecule has 0 spiro atoms. The van der Waals surface area contributed by atoms with E-state index in [9.17, 15) is 4.79 Å². The molecule has 3 rings (SSSR count). The lowest BCUT2D eigenvalue weighted by molar-refractivity contribution is 0.323. The van der Waals surface area contributed by atoms with E-state index in [2.05, 4.69) is 15.3 Å². The average molecular weight is 446 g/mol. The minimum absolute atomic E-state index is 0.132.